The van der Waals surface area contributed by atoms with Crippen LogP contribution in [0.5, 0.6) is 0 Å². The van der Waals surface area contributed by atoms with Gasteiger partial charge in [-0.2, -0.15) is 0 Å². The van der Waals surface area contributed by atoms with Gasteiger partial charge >= 0.3 is 0 Å². The van der Waals surface area contributed by atoms with Crippen LogP contribution in [-0.2, 0) is 0 Å². The van der Waals surface area contributed by atoms with Crippen molar-refractivity contribution < 1.29 is 0 Å². The van der Waals surface area contributed by atoms with Gasteiger partial charge in [0.1, 0.15) is 0 Å². The predicted molar refractivity (Wildman–Crippen MR) is 91.8 cm³/mol. The van der Waals surface area contributed by atoms with Gasteiger partial charge in [-0.1, -0.05) is 57.5 Å². The third-order valence-electron chi connectivity index (χ3n) is 5.09. The maximum absolute atomic E-state index is 3.74. The average Bonchev–Trinajstić information content (AvgIpc) is 2.78. The van der Waals surface area contributed by atoms with Crippen LogP contribution in [0.15, 0.2) is 30.3 Å². The lowest BCUT2D eigenvalue weighted by Gasteiger charge is -2.28. The summed E-state index contributed by atoms with van der Waals surface area (Å²) in [7, 11) is 0. The molecule has 1 aliphatic rings. The van der Waals surface area contributed by atoms with E-state index in [1.807, 2.05) is 0 Å². The van der Waals surface area contributed by atoms with Gasteiger partial charge in [0.15, 0.2) is 0 Å². The Morgan fingerprint density at radius 2 is 2.00 bits per heavy atom. The van der Waals surface area contributed by atoms with Crippen LogP contribution >= 0.6 is 0 Å². The molecule has 0 bridgehead atoms. The second kappa shape index (κ2) is 8.55. The molecule has 0 aliphatic carbocycles. The van der Waals surface area contributed by atoms with Crippen molar-refractivity contribution in [2.24, 2.45) is 5.92 Å². The number of rotatable bonds is 6. The highest BCUT2D eigenvalue weighted by Gasteiger charge is 2.21. The summed E-state index contributed by atoms with van der Waals surface area (Å²) in [4.78, 5) is 2.68. The number of hydrogen-bond donors (Lipinski definition) is 1. The minimum atomic E-state index is 0.657. The van der Waals surface area contributed by atoms with Crippen molar-refractivity contribution in [2.75, 3.05) is 26.2 Å². The van der Waals surface area contributed by atoms with Gasteiger partial charge in [0, 0.05) is 12.6 Å². The maximum atomic E-state index is 3.74. The molecular weight excluding hydrogens is 256 g/mol. The zero-order valence-electron chi connectivity index (χ0n) is 14.0. The molecule has 0 saturated carbocycles. The van der Waals surface area contributed by atoms with Gasteiger partial charge in [-0.05, 0) is 49.9 Å². The molecule has 2 nitrogen and oxygen atoms in total. The van der Waals surface area contributed by atoms with Crippen LogP contribution in [-0.4, -0.2) is 37.1 Å². The smallest absolute Gasteiger partial charge is 0.0220 e. The largest absolute Gasteiger partial charge is 0.312 e. The Kier molecular flexibility index (Phi) is 6.72. The van der Waals surface area contributed by atoms with Gasteiger partial charge in [0.2, 0.25) is 0 Å². The molecule has 1 aromatic rings. The Morgan fingerprint density at radius 3 is 2.71 bits per heavy atom. The SMILES string of the molecule is CCC(C)C1CN(CCC(C)c2ccccc2)CCCN1. The Morgan fingerprint density at radius 1 is 1.24 bits per heavy atom. The van der Waals surface area contributed by atoms with E-state index in [4.69, 9.17) is 0 Å². The Balaban J connectivity index is 1.83. The molecule has 1 saturated heterocycles. The fraction of sp³-hybridized carbons (Fsp3) is 0.684. The summed E-state index contributed by atoms with van der Waals surface area (Å²) in [5.41, 5.74) is 1.48. The lowest BCUT2D eigenvalue weighted by atomic mass is 9.96. The summed E-state index contributed by atoms with van der Waals surface area (Å²) in [5, 5.41) is 3.74. The fourth-order valence-electron chi connectivity index (χ4n) is 3.22. The predicted octanol–water partition coefficient (Wildman–Crippen LogP) is 3.89. The molecule has 1 aromatic carbocycles. The van der Waals surface area contributed by atoms with Crippen LogP contribution in [0.4, 0.5) is 0 Å². The minimum Gasteiger partial charge on any atom is -0.312 e. The van der Waals surface area contributed by atoms with Crippen molar-refractivity contribution in [3.63, 3.8) is 0 Å². The number of hydrogen-bond acceptors (Lipinski definition) is 2. The van der Waals surface area contributed by atoms with Crippen molar-refractivity contribution in [3.8, 4) is 0 Å². The molecule has 2 rings (SSSR count). The van der Waals surface area contributed by atoms with E-state index in [1.54, 1.807) is 0 Å². The molecule has 0 radical (unpaired) electrons. The standard InChI is InChI=1S/C19H32N2/c1-4-16(2)19-15-21(13-8-12-20-19)14-11-17(3)18-9-6-5-7-10-18/h5-7,9-10,16-17,19-20H,4,8,11-15H2,1-3H3. The zero-order valence-corrected chi connectivity index (χ0v) is 14.0. The Hall–Kier alpha value is -0.860. The van der Waals surface area contributed by atoms with Crippen molar-refractivity contribution in [2.45, 2.75) is 52.0 Å². The second-order valence-corrected chi connectivity index (χ2v) is 6.70. The molecule has 3 atom stereocenters. The second-order valence-electron chi connectivity index (χ2n) is 6.70. The highest BCUT2D eigenvalue weighted by molar-refractivity contribution is 5.18. The molecule has 118 valence electrons. The molecule has 1 aliphatic heterocycles. The topological polar surface area (TPSA) is 15.3 Å². The van der Waals surface area contributed by atoms with Crippen LogP contribution in [0.3, 0.4) is 0 Å². The average molecular weight is 288 g/mol. The van der Waals surface area contributed by atoms with Crippen LogP contribution in [0.1, 0.15) is 51.5 Å². The van der Waals surface area contributed by atoms with Gasteiger partial charge < -0.3 is 10.2 Å². The van der Waals surface area contributed by atoms with Gasteiger partial charge in [0.25, 0.3) is 0 Å². The third kappa shape index (κ3) is 5.12. The first-order chi connectivity index (χ1) is 10.2. The number of nitrogens with one attached hydrogen (secondary N) is 1. The van der Waals surface area contributed by atoms with Crippen molar-refractivity contribution in [1.29, 1.82) is 0 Å². The summed E-state index contributed by atoms with van der Waals surface area (Å²) in [6.45, 7) is 11.9. The molecule has 0 spiro atoms. The molecule has 21 heavy (non-hydrogen) atoms. The van der Waals surface area contributed by atoms with E-state index in [9.17, 15) is 0 Å². The first-order valence-corrected chi connectivity index (χ1v) is 8.71. The van der Waals surface area contributed by atoms with Crippen molar-refractivity contribution in [1.82, 2.24) is 10.2 Å². The lowest BCUT2D eigenvalue weighted by molar-refractivity contribution is 0.232. The summed E-state index contributed by atoms with van der Waals surface area (Å²) >= 11 is 0. The van der Waals surface area contributed by atoms with Crippen LogP contribution < -0.4 is 5.32 Å². The van der Waals surface area contributed by atoms with Gasteiger partial charge in [0.05, 0.1) is 0 Å². The number of benzene rings is 1. The molecule has 1 fully saturated rings. The van der Waals surface area contributed by atoms with Crippen LogP contribution in [0, 0.1) is 5.92 Å². The first kappa shape index (κ1) is 16.5. The quantitative estimate of drug-likeness (QED) is 0.854. The third-order valence-corrected chi connectivity index (χ3v) is 5.09. The van der Waals surface area contributed by atoms with Gasteiger partial charge in [-0.25, -0.2) is 0 Å². The zero-order chi connectivity index (χ0) is 15.1. The van der Waals surface area contributed by atoms with E-state index < -0.39 is 0 Å². The molecule has 2 heteroatoms. The van der Waals surface area contributed by atoms with Crippen LogP contribution in [0.2, 0.25) is 0 Å². The highest BCUT2D eigenvalue weighted by Crippen LogP contribution is 2.20. The monoisotopic (exact) mass is 288 g/mol. The summed E-state index contributed by atoms with van der Waals surface area (Å²) in [6.07, 6.45) is 3.82. The fourth-order valence-corrected chi connectivity index (χ4v) is 3.22. The highest BCUT2D eigenvalue weighted by atomic mass is 15.2. The van der Waals surface area contributed by atoms with Crippen molar-refractivity contribution >= 4 is 0 Å². The van der Waals surface area contributed by atoms with E-state index >= 15 is 0 Å². The van der Waals surface area contributed by atoms with E-state index in [0.717, 1.165) is 5.92 Å². The maximum Gasteiger partial charge on any atom is 0.0220 e. The summed E-state index contributed by atoms with van der Waals surface area (Å²) in [6, 6.07) is 11.6. The molecule has 1 heterocycles. The summed E-state index contributed by atoms with van der Waals surface area (Å²) < 4.78 is 0. The van der Waals surface area contributed by atoms with Crippen molar-refractivity contribution in [3.05, 3.63) is 35.9 Å². The summed E-state index contributed by atoms with van der Waals surface area (Å²) in [5.74, 6) is 1.43. The number of nitrogens with zero attached hydrogens (tertiary/aromatic N) is 1. The molecule has 0 amide bonds. The van der Waals surface area contributed by atoms with E-state index in [0.29, 0.717) is 12.0 Å². The van der Waals surface area contributed by atoms with E-state index in [2.05, 4.69) is 61.3 Å². The molecule has 0 aromatic heterocycles. The van der Waals surface area contributed by atoms with E-state index in [-0.39, 0.29) is 0 Å². The van der Waals surface area contributed by atoms with Crippen LogP contribution in [0.25, 0.3) is 0 Å². The first-order valence-electron chi connectivity index (χ1n) is 8.71. The minimum absolute atomic E-state index is 0.657. The van der Waals surface area contributed by atoms with E-state index in [1.165, 1.54) is 51.0 Å². The molecular formula is C19H32N2. The normalized spacial score (nSPS) is 23.5. The lowest BCUT2D eigenvalue weighted by Crippen LogP contribution is -2.42. The Bertz CT molecular complexity index is 390. The van der Waals surface area contributed by atoms with Gasteiger partial charge in [-0.15, -0.1) is 0 Å². The molecule has 3 unspecified atom stereocenters. The Labute approximate surface area is 130 Å². The molecule has 1 N–H and O–H groups in total. The van der Waals surface area contributed by atoms with Gasteiger partial charge in [-0.3, -0.25) is 0 Å².